The zero-order chi connectivity index (χ0) is 16.4. The van der Waals surface area contributed by atoms with E-state index in [9.17, 15) is 4.79 Å². The Morgan fingerprint density at radius 1 is 1.04 bits per heavy atom. The second kappa shape index (κ2) is 34.1. The van der Waals surface area contributed by atoms with E-state index in [0.717, 1.165) is 24.7 Å². The van der Waals surface area contributed by atoms with Crippen LogP contribution in [0.4, 0.5) is 4.79 Å². The first-order valence-corrected chi connectivity index (χ1v) is 8.73. The van der Waals surface area contributed by atoms with E-state index < -0.39 is 5.60 Å². The van der Waals surface area contributed by atoms with Gasteiger partial charge in [-0.1, -0.05) is 71.8 Å². The second-order valence-corrected chi connectivity index (χ2v) is 6.38. The highest BCUT2D eigenvalue weighted by atomic mass is 79.9. The number of amides is 1. The van der Waals surface area contributed by atoms with Gasteiger partial charge in [-0.25, -0.2) is 4.79 Å². The molecule has 0 atom stereocenters. The average molecular weight is 420 g/mol. The zero-order valence-corrected chi connectivity index (χ0v) is 16.9. The average Bonchev–Trinajstić information content (AvgIpc) is 2.30. The number of nitrogens with one attached hydrogen (secondary N) is 1. The maximum absolute atomic E-state index is 11.0. The molecule has 0 bridgehead atoms. The molecule has 0 rings (SSSR count). The van der Waals surface area contributed by atoms with E-state index in [0.29, 0.717) is 6.54 Å². The zero-order valence-electron chi connectivity index (χ0n) is 15.4. The SMILES string of the molecule is C.C.C.CCBr.CCCCNC(=O)OC(C)(C)C.CCCC[NH3+].[CH3-]. The Morgan fingerprint density at radius 3 is 1.62 bits per heavy atom. The van der Waals surface area contributed by atoms with Gasteiger partial charge in [0, 0.05) is 11.9 Å². The molecule has 156 valence electrons. The topological polar surface area (TPSA) is 66.0 Å². The molecule has 0 aromatic rings. The summed E-state index contributed by atoms with van der Waals surface area (Å²) < 4.78 is 5.03. The minimum Gasteiger partial charge on any atom is -0.444 e. The summed E-state index contributed by atoms with van der Waals surface area (Å²) in [5, 5.41) is 3.74. The number of hydrogen-bond acceptors (Lipinski definition) is 2. The lowest BCUT2D eigenvalue weighted by Gasteiger charge is -2.19. The maximum Gasteiger partial charge on any atom is 0.407 e. The van der Waals surface area contributed by atoms with Crippen molar-refractivity contribution >= 4 is 22.0 Å². The summed E-state index contributed by atoms with van der Waals surface area (Å²) in [6.07, 6.45) is 4.31. The predicted molar refractivity (Wildman–Crippen MR) is 118 cm³/mol. The second-order valence-electron chi connectivity index (χ2n) is 5.26. The monoisotopic (exact) mass is 418 g/mol. The standard InChI is InChI=1S/C9H19NO2.C4H11N.C2H5Br.3CH4.CH3/c1-5-6-7-10-8(11)12-9(2,3)4;1-2-3-4-5;1-2-3;;;;/h5-7H2,1-4H3,(H,10,11);2-5H2,1H3;2H2,1H3;3*1H4;1H3/q;;;;;;-1/p+1. The van der Waals surface area contributed by atoms with Crippen molar-refractivity contribution in [3.8, 4) is 0 Å². The van der Waals surface area contributed by atoms with Gasteiger partial charge in [0.15, 0.2) is 0 Å². The van der Waals surface area contributed by atoms with Crippen LogP contribution >= 0.6 is 15.9 Å². The molecule has 0 aromatic heterocycles. The Kier molecular flexibility index (Phi) is 62.3. The lowest BCUT2D eigenvalue weighted by molar-refractivity contribution is -0.368. The molecule has 0 fully saturated rings. The van der Waals surface area contributed by atoms with E-state index in [1.165, 1.54) is 12.8 Å². The molecule has 24 heavy (non-hydrogen) atoms. The van der Waals surface area contributed by atoms with Crippen LogP contribution in [0.25, 0.3) is 0 Å². The normalized spacial score (nSPS) is 8.00. The van der Waals surface area contributed by atoms with Crippen LogP contribution in [0.1, 0.15) is 89.5 Å². The fourth-order valence-electron chi connectivity index (χ4n) is 0.931. The van der Waals surface area contributed by atoms with Gasteiger partial charge in [0.05, 0.1) is 6.54 Å². The van der Waals surface area contributed by atoms with E-state index >= 15 is 0 Å². The number of hydrogen-bond donors (Lipinski definition) is 2. The lowest BCUT2D eigenvalue weighted by atomic mass is 10.2. The van der Waals surface area contributed by atoms with E-state index in [1.54, 1.807) is 0 Å². The number of carbonyl (C=O) groups excluding carboxylic acids is 1. The lowest BCUT2D eigenvalue weighted by Crippen LogP contribution is -2.49. The summed E-state index contributed by atoms with van der Waals surface area (Å²) >= 11 is 3.15. The molecular weight excluding hydrogens is 368 g/mol. The van der Waals surface area contributed by atoms with E-state index in [2.05, 4.69) is 40.8 Å². The van der Waals surface area contributed by atoms with E-state index in [4.69, 9.17) is 4.74 Å². The van der Waals surface area contributed by atoms with Crippen LogP contribution < -0.4 is 11.1 Å². The summed E-state index contributed by atoms with van der Waals surface area (Å²) in [5.74, 6) is 0. The Balaban J connectivity index is -0.0000000416. The van der Waals surface area contributed by atoms with Gasteiger partial charge in [-0.3, -0.25) is 0 Å². The van der Waals surface area contributed by atoms with Crippen molar-refractivity contribution in [3.05, 3.63) is 7.43 Å². The minimum absolute atomic E-state index is 0. The van der Waals surface area contributed by atoms with Gasteiger partial charge in [-0.15, -0.1) is 0 Å². The van der Waals surface area contributed by atoms with Gasteiger partial charge in [-0.05, 0) is 33.6 Å². The molecule has 4 N–H and O–H groups in total. The third-order valence-electron chi connectivity index (χ3n) is 1.80. The third kappa shape index (κ3) is 67.9. The summed E-state index contributed by atoms with van der Waals surface area (Å²) in [6.45, 7) is 13.6. The molecule has 4 nitrogen and oxygen atoms in total. The summed E-state index contributed by atoms with van der Waals surface area (Å²) in [7, 11) is 0. The Bertz CT molecular complexity index is 194. The van der Waals surface area contributed by atoms with Crippen LogP contribution in [0.15, 0.2) is 0 Å². The minimum atomic E-state index is -0.393. The van der Waals surface area contributed by atoms with Crippen LogP contribution in [0.5, 0.6) is 0 Å². The molecule has 0 saturated carbocycles. The highest BCUT2D eigenvalue weighted by Gasteiger charge is 2.14. The fourth-order valence-corrected chi connectivity index (χ4v) is 0.931. The van der Waals surface area contributed by atoms with Crippen LogP contribution in [-0.4, -0.2) is 30.1 Å². The number of ether oxygens (including phenoxy) is 1. The summed E-state index contributed by atoms with van der Waals surface area (Å²) in [6, 6.07) is 0. The first-order chi connectivity index (χ1) is 9.28. The van der Waals surface area contributed by atoms with Crippen molar-refractivity contribution in [1.82, 2.24) is 5.32 Å². The van der Waals surface area contributed by atoms with Crippen LogP contribution in [0.3, 0.4) is 0 Å². The Hall–Kier alpha value is -0.290. The van der Waals surface area contributed by atoms with Gasteiger partial charge in [0.1, 0.15) is 5.60 Å². The fraction of sp³-hybridized carbons (Fsp3) is 0.895. The summed E-state index contributed by atoms with van der Waals surface area (Å²) in [5.41, 5.74) is 3.28. The first-order valence-electron chi connectivity index (χ1n) is 7.60. The number of quaternary nitrogens is 1. The van der Waals surface area contributed by atoms with Crippen molar-refractivity contribution < 1.29 is 15.3 Å². The van der Waals surface area contributed by atoms with Crippen molar-refractivity contribution in [1.29, 1.82) is 0 Å². The molecule has 0 aliphatic rings. The molecular formula is C19H51BrN2O2. The molecule has 0 spiro atoms. The quantitative estimate of drug-likeness (QED) is 0.321. The Labute approximate surface area is 163 Å². The molecule has 0 heterocycles. The van der Waals surface area contributed by atoms with Gasteiger partial charge in [-0.2, -0.15) is 0 Å². The van der Waals surface area contributed by atoms with E-state index in [1.807, 2.05) is 27.7 Å². The molecule has 0 aliphatic heterocycles. The largest absolute Gasteiger partial charge is 0.444 e. The molecule has 5 heteroatoms. The van der Waals surface area contributed by atoms with Gasteiger partial charge in [0.25, 0.3) is 0 Å². The number of rotatable bonds is 5. The van der Waals surface area contributed by atoms with Crippen molar-refractivity contribution in [3.63, 3.8) is 0 Å². The molecule has 1 amide bonds. The van der Waals surface area contributed by atoms with Crippen molar-refractivity contribution in [2.75, 3.05) is 18.4 Å². The highest BCUT2D eigenvalue weighted by molar-refractivity contribution is 9.09. The smallest absolute Gasteiger partial charge is 0.407 e. The van der Waals surface area contributed by atoms with Crippen molar-refractivity contribution in [2.24, 2.45) is 0 Å². The van der Waals surface area contributed by atoms with Gasteiger partial charge >= 0.3 is 6.09 Å². The van der Waals surface area contributed by atoms with Crippen LogP contribution in [0.2, 0.25) is 0 Å². The highest BCUT2D eigenvalue weighted by Crippen LogP contribution is 2.06. The van der Waals surface area contributed by atoms with Gasteiger partial charge < -0.3 is 23.2 Å². The number of carbonyl (C=O) groups is 1. The molecule has 0 aliphatic carbocycles. The number of unbranched alkanes of at least 4 members (excludes halogenated alkanes) is 2. The number of alkyl carbamates (subject to hydrolysis) is 1. The predicted octanol–water partition coefficient (Wildman–Crippen LogP) is 6.10. The molecule has 0 saturated heterocycles. The summed E-state index contributed by atoms with van der Waals surface area (Å²) in [4.78, 5) is 11.0. The van der Waals surface area contributed by atoms with Crippen LogP contribution in [0, 0.1) is 7.43 Å². The first kappa shape index (κ1) is 43.8. The Morgan fingerprint density at radius 2 is 1.42 bits per heavy atom. The maximum atomic E-state index is 11.0. The van der Waals surface area contributed by atoms with E-state index in [-0.39, 0.29) is 35.8 Å². The van der Waals surface area contributed by atoms with Crippen molar-refractivity contribution in [2.45, 2.75) is 95.1 Å². The van der Waals surface area contributed by atoms with Gasteiger partial charge in [0.2, 0.25) is 0 Å². The third-order valence-corrected chi connectivity index (χ3v) is 1.80. The molecule has 0 unspecified atom stereocenters. The number of alkyl halides is 1. The molecule has 0 radical (unpaired) electrons. The van der Waals surface area contributed by atoms with Crippen LogP contribution in [-0.2, 0) is 4.74 Å². The number of halogens is 1. The molecule has 0 aromatic carbocycles.